The van der Waals surface area contributed by atoms with Crippen LogP contribution in [0.25, 0.3) is 6.08 Å². The molecule has 2 aromatic carbocycles. The number of thiocarbonyl (C=S) groups is 1. The number of hydrogen-bond donors (Lipinski definition) is 1. The van der Waals surface area contributed by atoms with Crippen molar-refractivity contribution in [2.45, 2.75) is 0 Å². The van der Waals surface area contributed by atoms with E-state index in [-0.39, 0.29) is 5.91 Å². The molecule has 1 amide bonds. The number of rotatable bonds is 5. The number of amides is 1. The molecule has 0 aromatic heterocycles. The van der Waals surface area contributed by atoms with Gasteiger partial charge in [0, 0.05) is 10.2 Å². The Morgan fingerprint density at radius 2 is 2.04 bits per heavy atom. The molecule has 3 rings (SSSR count). The molecule has 1 saturated heterocycles. The lowest BCUT2D eigenvalue weighted by Gasteiger charge is -2.16. The SMILES string of the molecule is COC(=O)c1ccc(C=C2SC(=S)N(CNc3cccc(Br)c3)C2=O)cc1. The quantitative estimate of drug-likeness (QED) is 0.400. The predicted molar refractivity (Wildman–Crippen MR) is 115 cm³/mol. The Balaban J connectivity index is 1.69. The molecule has 2 aromatic rings. The van der Waals surface area contributed by atoms with Gasteiger partial charge in [-0.2, -0.15) is 0 Å². The number of halogens is 1. The summed E-state index contributed by atoms with van der Waals surface area (Å²) in [6.07, 6.45) is 1.76. The smallest absolute Gasteiger partial charge is 0.337 e. The number of nitrogens with zero attached hydrogens (tertiary/aromatic N) is 1. The summed E-state index contributed by atoms with van der Waals surface area (Å²) in [5, 5.41) is 3.19. The molecule has 1 fully saturated rings. The first-order chi connectivity index (χ1) is 13.0. The Hall–Kier alpha value is -2.16. The highest BCUT2D eigenvalue weighted by molar-refractivity contribution is 9.10. The third-order valence-electron chi connectivity index (χ3n) is 3.77. The first kappa shape index (κ1) is 19.6. The Morgan fingerprint density at radius 1 is 1.30 bits per heavy atom. The number of esters is 1. The molecule has 1 aliphatic rings. The second kappa shape index (κ2) is 8.69. The number of carbonyl (C=O) groups is 2. The van der Waals surface area contributed by atoms with E-state index in [0.29, 0.717) is 21.5 Å². The zero-order valence-electron chi connectivity index (χ0n) is 14.3. The molecule has 0 spiro atoms. The van der Waals surface area contributed by atoms with E-state index in [4.69, 9.17) is 12.2 Å². The molecule has 0 aliphatic carbocycles. The number of anilines is 1. The van der Waals surface area contributed by atoms with Crippen LogP contribution >= 0.6 is 39.9 Å². The lowest BCUT2D eigenvalue weighted by molar-refractivity contribution is -0.121. The fourth-order valence-corrected chi connectivity index (χ4v) is 4.04. The maximum atomic E-state index is 12.7. The highest BCUT2D eigenvalue weighted by atomic mass is 79.9. The van der Waals surface area contributed by atoms with E-state index in [0.717, 1.165) is 15.7 Å². The van der Waals surface area contributed by atoms with Crippen molar-refractivity contribution in [2.75, 3.05) is 19.1 Å². The van der Waals surface area contributed by atoms with E-state index in [9.17, 15) is 9.59 Å². The minimum absolute atomic E-state index is 0.149. The van der Waals surface area contributed by atoms with E-state index in [1.807, 2.05) is 24.3 Å². The summed E-state index contributed by atoms with van der Waals surface area (Å²) in [4.78, 5) is 26.2. The number of ether oxygens (including phenoxy) is 1. The molecule has 0 radical (unpaired) electrons. The Kier molecular flexibility index (Phi) is 6.30. The van der Waals surface area contributed by atoms with Crippen molar-refractivity contribution in [3.63, 3.8) is 0 Å². The normalized spacial score (nSPS) is 15.3. The van der Waals surface area contributed by atoms with Crippen molar-refractivity contribution >= 4 is 67.9 Å². The molecule has 27 heavy (non-hydrogen) atoms. The Bertz CT molecular complexity index is 929. The Morgan fingerprint density at radius 3 is 2.70 bits per heavy atom. The van der Waals surface area contributed by atoms with E-state index in [1.165, 1.54) is 23.8 Å². The summed E-state index contributed by atoms with van der Waals surface area (Å²) in [5.74, 6) is -0.545. The van der Waals surface area contributed by atoms with E-state index in [1.54, 1.807) is 30.3 Å². The van der Waals surface area contributed by atoms with Crippen LogP contribution in [0.1, 0.15) is 15.9 Å². The number of methoxy groups -OCH3 is 1. The molecule has 1 heterocycles. The van der Waals surface area contributed by atoms with Crippen LogP contribution in [0.15, 0.2) is 57.9 Å². The van der Waals surface area contributed by atoms with Gasteiger partial charge < -0.3 is 10.1 Å². The van der Waals surface area contributed by atoms with Crippen LogP contribution in [0.3, 0.4) is 0 Å². The van der Waals surface area contributed by atoms with Crippen LogP contribution in [0.4, 0.5) is 5.69 Å². The topological polar surface area (TPSA) is 58.6 Å². The molecule has 5 nitrogen and oxygen atoms in total. The summed E-state index contributed by atoms with van der Waals surface area (Å²) in [6.45, 7) is 0.291. The molecule has 0 unspecified atom stereocenters. The molecule has 0 bridgehead atoms. The van der Waals surface area contributed by atoms with Crippen LogP contribution in [-0.4, -0.2) is 34.9 Å². The summed E-state index contributed by atoms with van der Waals surface area (Å²) >= 11 is 10.0. The van der Waals surface area contributed by atoms with Crippen molar-refractivity contribution in [3.8, 4) is 0 Å². The van der Waals surface area contributed by atoms with Gasteiger partial charge in [-0.25, -0.2) is 4.79 Å². The van der Waals surface area contributed by atoms with Crippen LogP contribution in [0, 0.1) is 0 Å². The number of nitrogens with one attached hydrogen (secondary N) is 1. The van der Waals surface area contributed by atoms with Crippen molar-refractivity contribution < 1.29 is 14.3 Å². The largest absolute Gasteiger partial charge is 0.465 e. The van der Waals surface area contributed by atoms with Crippen molar-refractivity contribution in [3.05, 3.63) is 69.0 Å². The molecule has 1 aliphatic heterocycles. The van der Waals surface area contributed by atoms with Crippen LogP contribution in [0.5, 0.6) is 0 Å². The molecule has 0 saturated carbocycles. The number of hydrogen-bond acceptors (Lipinski definition) is 6. The summed E-state index contributed by atoms with van der Waals surface area (Å²) in [6, 6.07) is 14.5. The first-order valence-electron chi connectivity index (χ1n) is 7.91. The summed E-state index contributed by atoms with van der Waals surface area (Å²) < 4.78 is 6.13. The fraction of sp³-hybridized carbons (Fsp3) is 0.105. The van der Waals surface area contributed by atoms with Gasteiger partial charge in [-0.15, -0.1) is 0 Å². The second-order valence-electron chi connectivity index (χ2n) is 5.57. The molecule has 1 N–H and O–H groups in total. The molecule has 138 valence electrons. The van der Waals surface area contributed by atoms with Crippen molar-refractivity contribution in [1.82, 2.24) is 4.90 Å². The molecule has 8 heteroatoms. The van der Waals surface area contributed by atoms with Crippen LogP contribution in [-0.2, 0) is 9.53 Å². The van der Waals surface area contributed by atoms with Crippen molar-refractivity contribution in [1.29, 1.82) is 0 Å². The van der Waals surface area contributed by atoms with Gasteiger partial charge in [-0.3, -0.25) is 9.69 Å². The third kappa shape index (κ3) is 4.77. The Labute approximate surface area is 174 Å². The monoisotopic (exact) mass is 462 g/mol. The highest BCUT2D eigenvalue weighted by Crippen LogP contribution is 2.32. The van der Waals surface area contributed by atoms with Gasteiger partial charge in [-0.1, -0.05) is 58.1 Å². The molecule has 0 atom stereocenters. The second-order valence-corrected chi connectivity index (χ2v) is 8.16. The van der Waals surface area contributed by atoms with Gasteiger partial charge in [0.05, 0.1) is 24.2 Å². The average Bonchev–Trinajstić information content (AvgIpc) is 2.93. The number of carbonyl (C=O) groups excluding carboxylic acids is 2. The minimum atomic E-state index is -0.397. The van der Waals surface area contributed by atoms with E-state index >= 15 is 0 Å². The number of benzene rings is 2. The predicted octanol–water partition coefficient (Wildman–Crippen LogP) is 4.51. The third-order valence-corrected chi connectivity index (χ3v) is 5.64. The van der Waals surface area contributed by atoms with E-state index < -0.39 is 5.97 Å². The standard InChI is InChI=1S/C19H15BrN2O3S2/c1-25-18(24)13-7-5-12(6-8-13)9-16-17(23)22(19(26)27-16)11-21-15-4-2-3-14(20)10-15/h2-10,21H,11H2,1H3. The zero-order valence-corrected chi connectivity index (χ0v) is 17.5. The highest BCUT2D eigenvalue weighted by Gasteiger charge is 2.31. The summed E-state index contributed by atoms with van der Waals surface area (Å²) in [7, 11) is 1.34. The van der Waals surface area contributed by atoms with Gasteiger partial charge in [0.15, 0.2) is 0 Å². The van der Waals surface area contributed by atoms with Gasteiger partial charge in [0.1, 0.15) is 4.32 Å². The van der Waals surface area contributed by atoms with E-state index in [2.05, 4.69) is 26.0 Å². The lowest BCUT2D eigenvalue weighted by Crippen LogP contribution is -2.33. The van der Waals surface area contributed by atoms with Gasteiger partial charge in [-0.05, 0) is 42.0 Å². The van der Waals surface area contributed by atoms with Crippen LogP contribution in [0.2, 0.25) is 0 Å². The first-order valence-corrected chi connectivity index (χ1v) is 9.93. The van der Waals surface area contributed by atoms with Gasteiger partial charge in [0.25, 0.3) is 5.91 Å². The number of thioether (sulfide) groups is 1. The average molecular weight is 463 g/mol. The maximum absolute atomic E-state index is 12.7. The fourth-order valence-electron chi connectivity index (χ4n) is 2.39. The molecular weight excluding hydrogens is 448 g/mol. The lowest BCUT2D eigenvalue weighted by atomic mass is 10.1. The summed E-state index contributed by atoms with van der Waals surface area (Å²) in [5.41, 5.74) is 2.16. The van der Waals surface area contributed by atoms with Crippen molar-refractivity contribution in [2.24, 2.45) is 0 Å². The zero-order chi connectivity index (χ0) is 19.4. The molecular formula is C19H15BrN2O3S2. The maximum Gasteiger partial charge on any atom is 0.337 e. The minimum Gasteiger partial charge on any atom is -0.465 e. The van der Waals surface area contributed by atoms with Gasteiger partial charge in [0.2, 0.25) is 0 Å². The van der Waals surface area contributed by atoms with Gasteiger partial charge >= 0.3 is 5.97 Å². The van der Waals surface area contributed by atoms with Crippen LogP contribution < -0.4 is 5.32 Å².